The van der Waals surface area contributed by atoms with E-state index in [4.69, 9.17) is 0 Å². The summed E-state index contributed by atoms with van der Waals surface area (Å²) >= 11 is 0. The number of halogens is 1. The van der Waals surface area contributed by atoms with E-state index in [0.717, 1.165) is 6.26 Å². The summed E-state index contributed by atoms with van der Waals surface area (Å²) in [7, 11) is 2.68. The van der Waals surface area contributed by atoms with Gasteiger partial charge in [-0.05, 0) is 12.1 Å². The van der Waals surface area contributed by atoms with Crippen molar-refractivity contribution in [3.63, 3.8) is 0 Å². The Labute approximate surface area is 93.2 Å². The third-order valence-corrected chi connectivity index (χ3v) is 1.19. The molecule has 0 radical (unpaired) electrons. The zero-order valence-corrected chi connectivity index (χ0v) is 9.88. The van der Waals surface area contributed by atoms with E-state index < -0.39 is 9.05 Å². The lowest BCUT2D eigenvalue weighted by Crippen LogP contribution is -1.99. The molecule has 0 unspecified atom stereocenters. The van der Waals surface area contributed by atoms with Crippen molar-refractivity contribution in [3.05, 3.63) is 35.9 Å². The fourth-order valence-electron chi connectivity index (χ4n) is 0.692. The molecule has 15 heavy (non-hydrogen) atoms. The largest absolute Gasteiger partial charge is 0.465 e. The summed E-state index contributed by atoms with van der Waals surface area (Å²) in [6.07, 6.45) is 0.925. The van der Waals surface area contributed by atoms with Crippen LogP contribution in [0.3, 0.4) is 0 Å². The SMILES string of the molecule is COC(=O)c1ccccc1.CS(=O)(=O)Cl. The number of methoxy groups -OCH3 is 1. The van der Waals surface area contributed by atoms with E-state index in [1.54, 1.807) is 24.3 Å². The first-order chi connectivity index (χ1) is 6.84. The Bertz CT molecular complexity index is 391. The van der Waals surface area contributed by atoms with E-state index in [1.165, 1.54) is 7.11 Å². The molecular weight excluding hydrogens is 240 g/mol. The minimum atomic E-state index is -3.19. The quantitative estimate of drug-likeness (QED) is 0.562. The zero-order chi connectivity index (χ0) is 11.9. The molecule has 1 rings (SSSR count). The van der Waals surface area contributed by atoms with E-state index >= 15 is 0 Å². The maximum atomic E-state index is 10.8. The predicted octanol–water partition coefficient (Wildman–Crippen LogP) is 1.66. The average Bonchev–Trinajstić information content (AvgIpc) is 2.15. The van der Waals surface area contributed by atoms with Gasteiger partial charge >= 0.3 is 5.97 Å². The van der Waals surface area contributed by atoms with Crippen molar-refractivity contribution < 1.29 is 17.9 Å². The average molecular weight is 251 g/mol. The van der Waals surface area contributed by atoms with Gasteiger partial charge in [-0.15, -0.1) is 0 Å². The van der Waals surface area contributed by atoms with Crippen molar-refractivity contribution >= 4 is 25.7 Å². The minimum absolute atomic E-state index is 0.291. The van der Waals surface area contributed by atoms with Gasteiger partial charge in [0.2, 0.25) is 9.05 Å². The highest BCUT2D eigenvalue weighted by atomic mass is 35.7. The highest BCUT2D eigenvalue weighted by Crippen LogP contribution is 1.98. The summed E-state index contributed by atoms with van der Waals surface area (Å²) in [6.45, 7) is 0. The van der Waals surface area contributed by atoms with Gasteiger partial charge in [0.1, 0.15) is 0 Å². The van der Waals surface area contributed by atoms with Gasteiger partial charge < -0.3 is 4.74 Å². The molecule has 4 nitrogen and oxygen atoms in total. The van der Waals surface area contributed by atoms with Gasteiger partial charge in [0, 0.05) is 10.7 Å². The molecule has 0 amide bonds. The van der Waals surface area contributed by atoms with Crippen molar-refractivity contribution in [2.24, 2.45) is 0 Å². The van der Waals surface area contributed by atoms with Crippen LogP contribution in [-0.4, -0.2) is 27.8 Å². The van der Waals surface area contributed by atoms with Crippen molar-refractivity contribution in [1.82, 2.24) is 0 Å². The molecule has 0 heterocycles. The minimum Gasteiger partial charge on any atom is -0.465 e. The van der Waals surface area contributed by atoms with Crippen molar-refractivity contribution in [3.8, 4) is 0 Å². The Hall–Kier alpha value is -1.07. The van der Waals surface area contributed by atoms with Crippen LogP contribution in [0.25, 0.3) is 0 Å². The molecule has 0 N–H and O–H groups in total. The molecule has 0 aromatic heterocycles. The lowest BCUT2D eigenvalue weighted by Gasteiger charge is -1.95. The van der Waals surface area contributed by atoms with Crippen LogP contribution in [-0.2, 0) is 13.8 Å². The lowest BCUT2D eigenvalue weighted by atomic mass is 10.2. The van der Waals surface area contributed by atoms with Gasteiger partial charge in [-0.1, -0.05) is 18.2 Å². The number of carbonyl (C=O) groups excluding carboxylic acids is 1. The predicted molar refractivity (Wildman–Crippen MR) is 58.5 cm³/mol. The van der Waals surface area contributed by atoms with Crippen LogP contribution in [0.2, 0.25) is 0 Å². The molecule has 6 heteroatoms. The summed E-state index contributed by atoms with van der Waals surface area (Å²) in [4.78, 5) is 10.8. The molecule has 0 aliphatic heterocycles. The Balaban J connectivity index is 0.000000336. The highest BCUT2D eigenvalue weighted by molar-refractivity contribution is 8.13. The lowest BCUT2D eigenvalue weighted by molar-refractivity contribution is 0.0600. The van der Waals surface area contributed by atoms with Gasteiger partial charge in [0.25, 0.3) is 0 Å². The van der Waals surface area contributed by atoms with E-state index in [1.807, 2.05) is 6.07 Å². The van der Waals surface area contributed by atoms with Crippen LogP contribution in [0.5, 0.6) is 0 Å². The maximum Gasteiger partial charge on any atom is 0.337 e. The molecule has 0 fully saturated rings. The van der Waals surface area contributed by atoms with Gasteiger partial charge in [0.15, 0.2) is 0 Å². The Kier molecular flexibility index (Phi) is 5.96. The number of rotatable bonds is 1. The van der Waals surface area contributed by atoms with Gasteiger partial charge in [-0.3, -0.25) is 0 Å². The molecule has 0 atom stereocenters. The number of esters is 1. The number of carbonyl (C=O) groups is 1. The van der Waals surface area contributed by atoms with Crippen molar-refractivity contribution in [1.29, 1.82) is 0 Å². The molecule has 0 aliphatic rings. The first-order valence-electron chi connectivity index (χ1n) is 3.87. The molecule has 0 saturated carbocycles. The fraction of sp³-hybridized carbons (Fsp3) is 0.222. The molecule has 1 aromatic rings. The Morgan fingerprint density at radius 2 is 1.67 bits per heavy atom. The summed E-state index contributed by atoms with van der Waals surface area (Å²) in [6, 6.07) is 8.88. The third kappa shape index (κ3) is 9.24. The summed E-state index contributed by atoms with van der Waals surface area (Å²) in [5.74, 6) is -0.291. The highest BCUT2D eigenvalue weighted by Gasteiger charge is 2.00. The Morgan fingerprint density at radius 1 is 1.27 bits per heavy atom. The van der Waals surface area contributed by atoms with E-state index in [2.05, 4.69) is 15.4 Å². The van der Waals surface area contributed by atoms with Gasteiger partial charge in [-0.2, -0.15) is 0 Å². The maximum absolute atomic E-state index is 10.8. The number of ether oxygens (including phenoxy) is 1. The molecular formula is C9H11ClO4S. The fourth-order valence-corrected chi connectivity index (χ4v) is 0.692. The molecule has 0 spiro atoms. The number of hydrogen-bond acceptors (Lipinski definition) is 4. The third-order valence-electron chi connectivity index (χ3n) is 1.19. The molecule has 84 valence electrons. The van der Waals surface area contributed by atoms with Crippen LogP contribution in [0, 0.1) is 0 Å². The molecule has 0 bridgehead atoms. The van der Waals surface area contributed by atoms with Crippen LogP contribution in [0.4, 0.5) is 0 Å². The van der Waals surface area contributed by atoms with E-state index in [-0.39, 0.29) is 5.97 Å². The normalized spacial score (nSPS) is 9.80. The standard InChI is InChI=1S/C8H8O2.CH3ClO2S/c1-10-8(9)7-5-3-2-4-6-7;1-5(2,3)4/h2-6H,1H3;1H3. The van der Waals surface area contributed by atoms with Crippen LogP contribution >= 0.6 is 10.7 Å². The van der Waals surface area contributed by atoms with Crippen LogP contribution < -0.4 is 0 Å². The van der Waals surface area contributed by atoms with Crippen LogP contribution in [0.1, 0.15) is 10.4 Å². The molecule has 1 aromatic carbocycles. The first kappa shape index (κ1) is 13.9. The number of benzene rings is 1. The van der Waals surface area contributed by atoms with Crippen LogP contribution in [0.15, 0.2) is 30.3 Å². The zero-order valence-electron chi connectivity index (χ0n) is 8.31. The first-order valence-corrected chi connectivity index (χ1v) is 6.59. The van der Waals surface area contributed by atoms with Crippen molar-refractivity contribution in [2.45, 2.75) is 0 Å². The molecule has 0 aliphatic carbocycles. The summed E-state index contributed by atoms with van der Waals surface area (Å²) < 4.78 is 23.3. The van der Waals surface area contributed by atoms with E-state index in [0.29, 0.717) is 5.56 Å². The summed E-state index contributed by atoms with van der Waals surface area (Å²) in [5, 5.41) is 0. The summed E-state index contributed by atoms with van der Waals surface area (Å²) in [5.41, 5.74) is 0.588. The van der Waals surface area contributed by atoms with Gasteiger partial charge in [0.05, 0.1) is 18.9 Å². The second-order valence-electron chi connectivity index (χ2n) is 2.54. The second kappa shape index (κ2) is 6.42. The smallest absolute Gasteiger partial charge is 0.337 e. The van der Waals surface area contributed by atoms with Crippen molar-refractivity contribution in [2.75, 3.05) is 13.4 Å². The second-order valence-corrected chi connectivity index (χ2v) is 5.58. The van der Waals surface area contributed by atoms with Gasteiger partial charge in [-0.25, -0.2) is 13.2 Å². The van der Waals surface area contributed by atoms with E-state index in [9.17, 15) is 13.2 Å². The monoisotopic (exact) mass is 250 g/mol. The number of hydrogen-bond donors (Lipinski definition) is 0. The Morgan fingerprint density at radius 3 is 2.00 bits per heavy atom. The molecule has 0 saturated heterocycles. The topological polar surface area (TPSA) is 60.4 Å².